The summed E-state index contributed by atoms with van der Waals surface area (Å²) in [5.74, 6) is 0.773. The highest BCUT2D eigenvalue weighted by atomic mass is 32.2. The molecule has 5 nitrogen and oxygen atoms in total. The normalized spacial score (nSPS) is 33.4. The quantitative estimate of drug-likeness (QED) is 0.824. The minimum Gasteiger partial charge on any atom is -0.381 e. The fraction of sp³-hybridized carbons (Fsp3) is 1.00. The first-order valence-corrected chi connectivity index (χ1v) is 11.6. The molecular weight excluding hydrogens is 336 g/mol. The molecule has 6 heteroatoms. The van der Waals surface area contributed by atoms with E-state index in [2.05, 4.69) is 26.1 Å². The van der Waals surface area contributed by atoms with Crippen molar-refractivity contribution in [3.8, 4) is 0 Å². The molecule has 2 heterocycles. The highest BCUT2D eigenvalue weighted by Crippen LogP contribution is 2.39. The lowest BCUT2D eigenvalue weighted by atomic mass is 9.70. The summed E-state index contributed by atoms with van der Waals surface area (Å²) in [5, 5.41) is 3.62. The van der Waals surface area contributed by atoms with Crippen LogP contribution in [-0.4, -0.2) is 56.4 Å². The van der Waals surface area contributed by atoms with Crippen molar-refractivity contribution in [1.29, 1.82) is 0 Å². The zero-order valence-electron chi connectivity index (χ0n) is 16.2. The van der Waals surface area contributed by atoms with Gasteiger partial charge in [0.2, 0.25) is 10.0 Å². The average molecular weight is 373 g/mol. The van der Waals surface area contributed by atoms with E-state index in [1.54, 1.807) is 4.31 Å². The highest BCUT2D eigenvalue weighted by Gasteiger charge is 2.37. The van der Waals surface area contributed by atoms with Gasteiger partial charge in [0.1, 0.15) is 0 Å². The number of hydrogen-bond donors (Lipinski definition) is 1. The number of rotatable bonds is 4. The summed E-state index contributed by atoms with van der Waals surface area (Å²) in [6.07, 6.45) is 6.97. The maximum Gasteiger partial charge on any atom is 0.217 e. The molecule has 1 aliphatic carbocycles. The fourth-order valence-corrected chi connectivity index (χ4v) is 7.20. The molecule has 0 bridgehead atoms. The van der Waals surface area contributed by atoms with Gasteiger partial charge in [-0.3, -0.25) is 0 Å². The van der Waals surface area contributed by atoms with Crippen LogP contribution in [0.2, 0.25) is 0 Å². The number of hydrogen-bond acceptors (Lipinski definition) is 4. The first kappa shape index (κ1) is 19.6. The van der Waals surface area contributed by atoms with Crippen LogP contribution < -0.4 is 5.32 Å². The Labute approximate surface area is 153 Å². The number of sulfonamides is 1. The van der Waals surface area contributed by atoms with Crippen LogP contribution in [0.1, 0.15) is 65.7 Å². The van der Waals surface area contributed by atoms with Gasteiger partial charge in [0.05, 0.1) is 5.25 Å². The van der Waals surface area contributed by atoms with Gasteiger partial charge < -0.3 is 10.1 Å². The van der Waals surface area contributed by atoms with E-state index in [4.69, 9.17) is 4.74 Å². The summed E-state index contributed by atoms with van der Waals surface area (Å²) in [5.41, 5.74) is 0.419. The average Bonchev–Trinajstić information content (AvgIpc) is 2.54. The Morgan fingerprint density at radius 3 is 2.24 bits per heavy atom. The van der Waals surface area contributed by atoms with E-state index < -0.39 is 10.0 Å². The van der Waals surface area contributed by atoms with Gasteiger partial charge in [-0.05, 0) is 56.3 Å². The predicted octanol–water partition coefficient (Wildman–Crippen LogP) is 2.76. The van der Waals surface area contributed by atoms with Crippen LogP contribution in [0.3, 0.4) is 0 Å². The Morgan fingerprint density at radius 1 is 1.00 bits per heavy atom. The van der Waals surface area contributed by atoms with Crippen molar-refractivity contribution in [2.45, 2.75) is 83.1 Å². The molecule has 0 radical (unpaired) electrons. The van der Waals surface area contributed by atoms with E-state index in [1.165, 1.54) is 19.3 Å². The Morgan fingerprint density at radius 2 is 1.64 bits per heavy atom. The Bertz CT molecular complexity index is 535. The Balaban J connectivity index is 1.50. The van der Waals surface area contributed by atoms with E-state index in [0.717, 1.165) is 18.8 Å². The maximum atomic E-state index is 12.8. The molecule has 1 N–H and O–H groups in total. The number of nitrogens with one attached hydrogen (secondary N) is 1. The third-order valence-electron chi connectivity index (χ3n) is 6.26. The summed E-state index contributed by atoms with van der Waals surface area (Å²) < 4.78 is 32.7. The molecule has 2 saturated heterocycles. The Hall–Kier alpha value is -0.170. The van der Waals surface area contributed by atoms with Crippen LogP contribution in [0.25, 0.3) is 0 Å². The van der Waals surface area contributed by atoms with Crippen molar-refractivity contribution in [1.82, 2.24) is 9.62 Å². The Kier molecular flexibility index (Phi) is 6.13. The molecule has 25 heavy (non-hydrogen) atoms. The second-order valence-electron chi connectivity index (χ2n) is 9.31. The van der Waals surface area contributed by atoms with Gasteiger partial charge >= 0.3 is 0 Å². The van der Waals surface area contributed by atoms with Crippen molar-refractivity contribution in [2.24, 2.45) is 11.3 Å². The molecule has 3 rings (SSSR count). The van der Waals surface area contributed by atoms with Gasteiger partial charge in [0.15, 0.2) is 0 Å². The van der Waals surface area contributed by atoms with Crippen molar-refractivity contribution in [3.05, 3.63) is 0 Å². The second-order valence-corrected chi connectivity index (χ2v) is 11.5. The topological polar surface area (TPSA) is 58.6 Å². The third kappa shape index (κ3) is 4.96. The first-order valence-electron chi connectivity index (χ1n) is 10.1. The zero-order chi connectivity index (χ0) is 18.1. The van der Waals surface area contributed by atoms with Crippen LogP contribution >= 0.6 is 0 Å². The molecule has 0 aromatic heterocycles. The lowest BCUT2D eigenvalue weighted by Gasteiger charge is -2.42. The second kappa shape index (κ2) is 7.83. The molecule has 0 spiro atoms. The lowest BCUT2D eigenvalue weighted by molar-refractivity contribution is 0.0966. The van der Waals surface area contributed by atoms with Gasteiger partial charge in [0, 0.05) is 38.4 Å². The molecule has 2 aliphatic heterocycles. The van der Waals surface area contributed by atoms with Crippen molar-refractivity contribution < 1.29 is 13.2 Å². The van der Waals surface area contributed by atoms with Crippen molar-refractivity contribution in [3.63, 3.8) is 0 Å². The van der Waals surface area contributed by atoms with Gasteiger partial charge in [-0.15, -0.1) is 0 Å². The van der Waals surface area contributed by atoms with E-state index in [1.807, 2.05) is 0 Å². The highest BCUT2D eigenvalue weighted by molar-refractivity contribution is 7.89. The van der Waals surface area contributed by atoms with Crippen molar-refractivity contribution >= 4 is 10.0 Å². The van der Waals surface area contributed by atoms with Crippen LogP contribution in [0.5, 0.6) is 0 Å². The molecule has 3 fully saturated rings. The molecule has 3 aliphatic rings. The van der Waals surface area contributed by atoms with Gasteiger partial charge in [-0.25, -0.2) is 12.7 Å². The van der Waals surface area contributed by atoms with Crippen LogP contribution in [-0.2, 0) is 14.8 Å². The zero-order valence-corrected chi connectivity index (χ0v) is 17.0. The molecule has 2 atom stereocenters. The molecular formula is C19H36N2O3S. The van der Waals surface area contributed by atoms with E-state index >= 15 is 0 Å². The van der Waals surface area contributed by atoms with E-state index in [0.29, 0.717) is 56.6 Å². The first-order chi connectivity index (χ1) is 11.8. The summed E-state index contributed by atoms with van der Waals surface area (Å²) >= 11 is 0. The smallest absolute Gasteiger partial charge is 0.217 e. The number of nitrogens with zero attached hydrogens (tertiary/aromatic N) is 1. The van der Waals surface area contributed by atoms with Crippen molar-refractivity contribution in [2.75, 3.05) is 26.3 Å². The lowest BCUT2D eigenvalue weighted by Crippen LogP contribution is -2.51. The SMILES string of the molecule is C[C@H]1CC(NC2CCN(S(=O)(=O)C3CCOCC3)CC2)CC(C)(C)C1. The van der Waals surface area contributed by atoms with Gasteiger partial charge in [0.25, 0.3) is 0 Å². The molecule has 146 valence electrons. The standard InChI is InChI=1S/C19H36N2O3S/c1-15-12-17(14-19(2,3)13-15)20-16-4-8-21(9-5-16)25(22,23)18-6-10-24-11-7-18/h15-18,20H,4-14H2,1-3H3/t15-,17?/m0/s1. The largest absolute Gasteiger partial charge is 0.381 e. The maximum absolute atomic E-state index is 12.8. The molecule has 1 saturated carbocycles. The van der Waals surface area contributed by atoms with Gasteiger partial charge in [-0.1, -0.05) is 20.8 Å². The summed E-state index contributed by atoms with van der Waals surface area (Å²) in [6, 6.07) is 1.05. The minimum atomic E-state index is -3.14. The minimum absolute atomic E-state index is 0.231. The predicted molar refractivity (Wildman–Crippen MR) is 101 cm³/mol. The van der Waals surface area contributed by atoms with Gasteiger partial charge in [-0.2, -0.15) is 0 Å². The molecule has 0 aromatic carbocycles. The molecule has 0 amide bonds. The van der Waals surface area contributed by atoms with Crippen LogP contribution in [0, 0.1) is 11.3 Å². The molecule has 1 unspecified atom stereocenters. The third-order valence-corrected chi connectivity index (χ3v) is 8.66. The summed E-state index contributed by atoms with van der Waals surface area (Å²) in [4.78, 5) is 0. The van der Waals surface area contributed by atoms with Crippen LogP contribution in [0.15, 0.2) is 0 Å². The fourth-order valence-electron chi connectivity index (χ4n) is 5.27. The monoisotopic (exact) mass is 372 g/mol. The summed E-state index contributed by atoms with van der Waals surface area (Å²) in [6.45, 7) is 9.61. The number of ether oxygens (including phenoxy) is 1. The van der Waals surface area contributed by atoms with Crippen LogP contribution in [0.4, 0.5) is 0 Å². The van der Waals surface area contributed by atoms with E-state index in [9.17, 15) is 8.42 Å². The number of piperidine rings is 1. The van der Waals surface area contributed by atoms with E-state index in [-0.39, 0.29) is 5.25 Å². The summed E-state index contributed by atoms with van der Waals surface area (Å²) in [7, 11) is -3.14. The molecule has 0 aromatic rings.